The summed E-state index contributed by atoms with van der Waals surface area (Å²) in [5.74, 6) is -0.900. The zero-order valence-corrected chi connectivity index (χ0v) is 14.2. The van der Waals surface area contributed by atoms with Gasteiger partial charge in [0.05, 0.1) is 0 Å². The maximum atomic E-state index is 14.3. The molecular weight excluding hydrogens is 336 g/mol. The number of benzene rings is 1. The molecule has 1 aliphatic rings. The summed E-state index contributed by atoms with van der Waals surface area (Å²) in [4.78, 5) is 17.1. The minimum Gasteiger partial charge on any atom is -0.310 e. The lowest BCUT2D eigenvalue weighted by atomic mass is 9.88. The van der Waals surface area contributed by atoms with Gasteiger partial charge in [0, 0.05) is 17.7 Å². The van der Waals surface area contributed by atoms with Crippen molar-refractivity contribution in [2.24, 2.45) is 5.92 Å². The van der Waals surface area contributed by atoms with Crippen LogP contribution >= 0.6 is 0 Å². The molecule has 0 radical (unpaired) electrons. The SMILES string of the molecule is O=C(Nc1c(-c2cc(F)ccc2F)nc2ccccn12)C1CCCCC1. The van der Waals surface area contributed by atoms with Crippen LogP contribution in [0.15, 0.2) is 42.6 Å². The first-order valence-electron chi connectivity index (χ1n) is 8.87. The minimum atomic E-state index is -0.581. The predicted molar refractivity (Wildman–Crippen MR) is 95.7 cm³/mol. The van der Waals surface area contributed by atoms with E-state index < -0.39 is 11.6 Å². The molecule has 134 valence electrons. The van der Waals surface area contributed by atoms with E-state index in [2.05, 4.69) is 10.3 Å². The average Bonchev–Trinajstić information content (AvgIpc) is 3.03. The number of aromatic nitrogens is 2. The lowest BCUT2D eigenvalue weighted by Crippen LogP contribution is -2.25. The maximum Gasteiger partial charge on any atom is 0.228 e. The van der Waals surface area contributed by atoms with Crippen molar-refractivity contribution in [2.45, 2.75) is 32.1 Å². The van der Waals surface area contributed by atoms with E-state index in [-0.39, 0.29) is 23.1 Å². The van der Waals surface area contributed by atoms with Crippen molar-refractivity contribution >= 4 is 17.4 Å². The Morgan fingerprint density at radius 2 is 1.92 bits per heavy atom. The number of anilines is 1. The number of rotatable bonds is 3. The van der Waals surface area contributed by atoms with Crippen molar-refractivity contribution in [3.63, 3.8) is 0 Å². The third kappa shape index (κ3) is 3.07. The number of nitrogens with zero attached hydrogens (tertiary/aromatic N) is 2. The van der Waals surface area contributed by atoms with E-state index in [9.17, 15) is 13.6 Å². The van der Waals surface area contributed by atoms with Gasteiger partial charge in [-0.2, -0.15) is 0 Å². The Bertz CT molecular complexity index is 961. The Hall–Kier alpha value is -2.76. The van der Waals surface area contributed by atoms with E-state index in [1.54, 1.807) is 28.8 Å². The van der Waals surface area contributed by atoms with Crippen LogP contribution in [0.4, 0.5) is 14.6 Å². The number of carbonyl (C=O) groups excluding carboxylic acids is 1. The number of halogens is 2. The summed E-state index contributed by atoms with van der Waals surface area (Å²) < 4.78 is 29.7. The number of hydrogen-bond acceptors (Lipinski definition) is 2. The topological polar surface area (TPSA) is 46.4 Å². The third-order valence-electron chi connectivity index (χ3n) is 4.93. The van der Waals surface area contributed by atoms with Gasteiger partial charge in [0.2, 0.25) is 5.91 Å². The molecule has 1 saturated carbocycles. The molecule has 0 bridgehead atoms. The fraction of sp³-hybridized carbons (Fsp3) is 0.300. The van der Waals surface area contributed by atoms with Crippen LogP contribution in [0.3, 0.4) is 0 Å². The summed E-state index contributed by atoms with van der Waals surface area (Å²) in [7, 11) is 0. The number of pyridine rings is 1. The molecule has 0 saturated heterocycles. The molecule has 4 nitrogen and oxygen atoms in total. The molecule has 4 rings (SSSR count). The van der Waals surface area contributed by atoms with E-state index in [1.807, 2.05) is 0 Å². The molecule has 0 unspecified atom stereocenters. The Labute approximate surface area is 149 Å². The number of hydrogen-bond donors (Lipinski definition) is 1. The van der Waals surface area contributed by atoms with Crippen LogP contribution < -0.4 is 5.32 Å². The zero-order chi connectivity index (χ0) is 18.1. The molecule has 1 fully saturated rings. The van der Waals surface area contributed by atoms with E-state index in [0.29, 0.717) is 11.5 Å². The van der Waals surface area contributed by atoms with Crippen LogP contribution in [0, 0.1) is 17.6 Å². The average molecular weight is 355 g/mol. The summed E-state index contributed by atoms with van der Waals surface area (Å²) in [5.41, 5.74) is 0.829. The molecule has 0 aliphatic heterocycles. The molecule has 3 aromatic rings. The monoisotopic (exact) mass is 355 g/mol. The summed E-state index contributed by atoms with van der Waals surface area (Å²) in [6, 6.07) is 8.61. The molecule has 1 amide bonds. The Morgan fingerprint density at radius 3 is 2.73 bits per heavy atom. The first kappa shape index (κ1) is 16.7. The number of fused-ring (bicyclic) bond motifs is 1. The molecule has 1 N–H and O–H groups in total. The standard InChI is InChI=1S/C20H19F2N3O/c21-14-9-10-16(22)15(12-14)18-19(25-11-5-4-8-17(25)23-18)24-20(26)13-6-2-1-3-7-13/h4-5,8-13H,1-3,6-7H2,(H,24,26). The first-order valence-corrected chi connectivity index (χ1v) is 8.87. The second-order valence-corrected chi connectivity index (χ2v) is 6.69. The molecule has 2 heterocycles. The summed E-state index contributed by atoms with van der Waals surface area (Å²) in [5, 5.41) is 2.92. The molecular formula is C20H19F2N3O. The van der Waals surface area contributed by atoms with Gasteiger partial charge in [-0.05, 0) is 43.2 Å². The van der Waals surface area contributed by atoms with Gasteiger partial charge in [-0.3, -0.25) is 9.20 Å². The summed E-state index contributed by atoms with van der Waals surface area (Å²) in [6.07, 6.45) is 6.68. The fourth-order valence-electron chi connectivity index (χ4n) is 3.57. The Kier molecular flexibility index (Phi) is 4.41. The van der Waals surface area contributed by atoms with Crippen molar-refractivity contribution in [1.29, 1.82) is 0 Å². The van der Waals surface area contributed by atoms with Crippen LogP contribution in [0.25, 0.3) is 16.9 Å². The van der Waals surface area contributed by atoms with Gasteiger partial charge in [0.15, 0.2) is 0 Å². The van der Waals surface area contributed by atoms with Crippen LogP contribution in [0.1, 0.15) is 32.1 Å². The van der Waals surface area contributed by atoms with Crippen molar-refractivity contribution in [2.75, 3.05) is 5.32 Å². The molecule has 0 spiro atoms. The highest BCUT2D eigenvalue weighted by molar-refractivity contribution is 5.96. The number of amides is 1. The third-order valence-corrected chi connectivity index (χ3v) is 4.93. The Balaban J connectivity index is 1.79. The first-order chi connectivity index (χ1) is 12.6. The van der Waals surface area contributed by atoms with Gasteiger partial charge in [0.25, 0.3) is 0 Å². The molecule has 1 aliphatic carbocycles. The normalized spacial score (nSPS) is 15.3. The highest BCUT2D eigenvalue weighted by Gasteiger charge is 2.25. The number of nitrogens with one attached hydrogen (secondary N) is 1. The molecule has 6 heteroatoms. The van der Waals surface area contributed by atoms with Crippen molar-refractivity contribution < 1.29 is 13.6 Å². The van der Waals surface area contributed by atoms with E-state index in [4.69, 9.17) is 0 Å². The summed E-state index contributed by atoms with van der Waals surface area (Å²) in [6.45, 7) is 0. The van der Waals surface area contributed by atoms with Gasteiger partial charge < -0.3 is 5.32 Å². The quantitative estimate of drug-likeness (QED) is 0.734. The molecule has 0 atom stereocenters. The molecule has 26 heavy (non-hydrogen) atoms. The smallest absolute Gasteiger partial charge is 0.228 e. The lowest BCUT2D eigenvalue weighted by molar-refractivity contribution is -0.120. The van der Waals surface area contributed by atoms with Gasteiger partial charge in [0.1, 0.15) is 28.8 Å². The van der Waals surface area contributed by atoms with Gasteiger partial charge in [-0.15, -0.1) is 0 Å². The van der Waals surface area contributed by atoms with Crippen LogP contribution in [0.2, 0.25) is 0 Å². The fourth-order valence-corrected chi connectivity index (χ4v) is 3.57. The molecule has 2 aromatic heterocycles. The predicted octanol–water partition coefficient (Wildman–Crippen LogP) is 4.80. The minimum absolute atomic E-state index is 0.0349. The maximum absolute atomic E-state index is 14.3. The van der Waals surface area contributed by atoms with Gasteiger partial charge >= 0.3 is 0 Å². The largest absolute Gasteiger partial charge is 0.310 e. The van der Waals surface area contributed by atoms with Crippen LogP contribution in [0.5, 0.6) is 0 Å². The lowest BCUT2D eigenvalue weighted by Gasteiger charge is -2.21. The van der Waals surface area contributed by atoms with Crippen LogP contribution in [-0.2, 0) is 4.79 Å². The molecule has 1 aromatic carbocycles. The highest BCUT2D eigenvalue weighted by Crippen LogP contribution is 2.32. The van der Waals surface area contributed by atoms with E-state index in [0.717, 1.165) is 50.3 Å². The van der Waals surface area contributed by atoms with E-state index >= 15 is 0 Å². The van der Waals surface area contributed by atoms with Gasteiger partial charge in [-0.25, -0.2) is 13.8 Å². The Morgan fingerprint density at radius 1 is 1.12 bits per heavy atom. The van der Waals surface area contributed by atoms with Crippen molar-refractivity contribution in [3.05, 3.63) is 54.2 Å². The second-order valence-electron chi connectivity index (χ2n) is 6.69. The zero-order valence-electron chi connectivity index (χ0n) is 14.2. The second kappa shape index (κ2) is 6.86. The highest BCUT2D eigenvalue weighted by atomic mass is 19.1. The summed E-state index contributed by atoms with van der Waals surface area (Å²) >= 11 is 0. The number of carbonyl (C=O) groups is 1. The number of imidazole rings is 1. The van der Waals surface area contributed by atoms with Crippen molar-refractivity contribution in [1.82, 2.24) is 9.38 Å². The van der Waals surface area contributed by atoms with E-state index in [1.165, 1.54) is 0 Å². The van der Waals surface area contributed by atoms with Crippen molar-refractivity contribution in [3.8, 4) is 11.3 Å². The van der Waals surface area contributed by atoms with Crippen LogP contribution in [-0.4, -0.2) is 15.3 Å². The van der Waals surface area contributed by atoms with Gasteiger partial charge in [-0.1, -0.05) is 25.3 Å².